The van der Waals surface area contributed by atoms with E-state index in [1.807, 2.05) is 30.3 Å². The molecule has 1 atom stereocenters. The van der Waals surface area contributed by atoms with Crippen molar-refractivity contribution < 1.29 is 9.84 Å². The lowest BCUT2D eigenvalue weighted by Crippen LogP contribution is -2.45. The number of piperidine rings is 1. The maximum absolute atomic E-state index is 10.1. The van der Waals surface area contributed by atoms with Crippen LogP contribution in [0.2, 0.25) is 0 Å². The third-order valence-electron chi connectivity index (χ3n) is 3.97. The number of hydrogen-bond acceptors (Lipinski definition) is 4. The maximum Gasteiger partial charge on any atom is 0.0900 e. The van der Waals surface area contributed by atoms with Crippen LogP contribution >= 0.6 is 0 Å². The molecule has 0 radical (unpaired) electrons. The third kappa shape index (κ3) is 6.14. The second-order valence-corrected chi connectivity index (χ2v) is 5.79. The van der Waals surface area contributed by atoms with E-state index in [1.54, 1.807) is 0 Å². The van der Waals surface area contributed by atoms with Crippen LogP contribution in [0.15, 0.2) is 30.3 Å². The van der Waals surface area contributed by atoms with Crippen molar-refractivity contribution in [1.82, 2.24) is 10.2 Å². The second-order valence-electron chi connectivity index (χ2n) is 5.79. The summed E-state index contributed by atoms with van der Waals surface area (Å²) >= 11 is 0. The van der Waals surface area contributed by atoms with Gasteiger partial charge in [0.2, 0.25) is 0 Å². The zero-order chi connectivity index (χ0) is 14.9. The van der Waals surface area contributed by atoms with Crippen molar-refractivity contribution >= 4 is 0 Å². The van der Waals surface area contributed by atoms with Gasteiger partial charge in [0.25, 0.3) is 0 Å². The van der Waals surface area contributed by atoms with Crippen molar-refractivity contribution in [3.8, 4) is 0 Å². The molecule has 118 valence electrons. The topological polar surface area (TPSA) is 44.7 Å². The molecular formula is C17H28N2O2. The fraction of sp³-hybridized carbons (Fsp3) is 0.647. The highest BCUT2D eigenvalue weighted by Crippen LogP contribution is 2.11. The minimum atomic E-state index is -0.399. The van der Waals surface area contributed by atoms with Crippen LogP contribution in [0.4, 0.5) is 0 Å². The first-order chi connectivity index (χ1) is 10.3. The van der Waals surface area contributed by atoms with E-state index in [2.05, 4.69) is 17.1 Å². The highest BCUT2D eigenvalue weighted by molar-refractivity contribution is 5.13. The van der Waals surface area contributed by atoms with E-state index in [4.69, 9.17) is 4.74 Å². The van der Waals surface area contributed by atoms with E-state index < -0.39 is 6.10 Å². The zero-order valence-electron chi connectivity index (χ0n) is 13.0. The van der Waals surface area contributed by atoms with Crippen molar-refractivity contribution in [2.45, 2.75) is 38.5 Å². The summed E-state index contributed by atoms with van der Waals surface area (Å²) in [6, 6.07) is 10.7. The van der Waals surface area contributed by atoms with E-state index in [9.17, 15) is 5.11 Å². The van der Waals surface area contributed by atoms with Gasteiger partial charge in [-0.3, -0.25) is 0 Å². The number of rotatable bonds is 8. The van der Waals surface area contributed by atoms with Crippen molar-refractivity contribution in [2.24, 2.45) is 0 Å². The number of β-amino-alcohol motifs (C(OH)–C–C–N with tert-alkyl or cyclic N) is 1. The van der Waals surface area contributed by atoms with Crippen LogP contribution in [-0.4, -0.2) is 54.9 Å². The summed E-state index contributed by atoms with van der Waals surface area (Å²) in [6.45, 7) is 7.01. The first-order valence-electron chi connectivity index (χ1n) is 8.03. The minimum absolute atomic E-state index is 0.399. The van der Waals surface area contributed by atoms with Gasteiger partial charge in [-0.05, 0) is 38.0 Å². The summed E-state index contributed by atoms with van der Waals surface area (Å²) in [4.78, 5) is 2.34. The largest absolute Gasteiger partial charge is 0.389 e. The minimum Gasteiger partial charge on any atom is -0.389 e. The lowest BCUT2D eigenvalue weighted by molar-refractivity contribution is 0.00572. The average Bonchev–Trinajstić information content (AvgIpc) is 2.51. The van der Waals surface area contributed by atoms with Gasteiger partial charge >= 0.3 is 0 Å². The van der Waals surface area contributed by atoms with Gasteiger partial charge in [0.1, 0.15) is 0 Å². The molecule has 0 bridgehead atoms. The van der Waals surface area contributed by atoms with Gasteiger partial charge < -0.3 is 20.1 Å². The average molecular weight is 292 g/mol. The monoisotopic (exact) mass is 292 g/mol. The number of hydrogen-bond donors (Lipinski definition) is 2. The highest BCUT2D eigenvalue weighted by atomic mass is 16.5. The molecule has 4 nitrogen and oxygen atoms in total. The Hall–Kier alpha value is -0.940. The van der Waals surface area contributed by atoms with Crippen molar-refractivity contribution in [3.63, 3.8) is 0 Å². The van der Waals surface area contributed by atoms with Gasteiger partial charge in [-0.25, -0.2) is 0 Å². The molecule has 1 heterocycles. The smallest absolute Gasteiger partial charge is 0.0900 e. The second kappa shape index (κ2) is 9.15. The number of benzene rings is 1. The highest BCUT2D eigenvalue weighted by Gasteiger charge is 2.20. The molecule has 0 aliphatic carbocycles. The summed E-state index contributed by atoms with van der Waals surface area (Å²) in [5.41, 5.74) is 1.15. The maximum atomic E-state index is 10.1. The number of aliphatic hydroxyl groups is 1. The van der Waals surface area contributed by atoms with E-state index in [0.717, 1.165) is 25.2 Å². The Morgan fingerprint density at radius 2 is 2.00 bits per heavy atom. The summed E-state index contributed by atoms with van der Waals surface area (Å²) < 4.78 is 5.59. The van der Waals surface area contributed by atoms with Crippen LogP contribution in [0.5, 0.6) is 0 Å². The Morgan fingerprint density at radius 1 is 1.29 bits per heavy atom. The Labute approximate surface area is 128 Å². The lowest BCUT2D eigenvalue weighted by Gasteiger charge is -2.33. The van der Waals surface area contributed by atoms with Crippen molar-refractivity contribution in [2.75, 3.05) is 32.8 Å². The lowest BCUT2D eigenvalue weighted by atomic mass is 10.0. The molecule has 2 rings (SSSR count). The van der Waals surface area contributed by atoms with E-state index in [1.165, 1.54) is 12.8 Å². The number of likely N-dealkylation sites (tertiary alicyclic amines) is 1. The van der Waals surface area contributed by atoms with Crippen LogP contribution in [-0.2, 0) is 11.3 Å². The molecule has 1 aromatic rings. The number of nitrogens with zero attached hydrogens (tertiary/aromatic N) is 1. The first-order valence-corrected chi connectivity index (χ1v) is 8.03. The Morgan fingerprint density at radius 3 is 2.67 bits per heavy atom. The summed E-state index contributed by atoms with van der Waals surface area (Å²) in [6.07, 6.45) is 1.95. The van der Waals surface area contributed by atoms with Crippen LogP contribution in [0.3, 0.4) is 0 Å². The van der Waals surface area contributed by atoms with E-state index >= 15 is 0 Å². The van der Waals surface area contributed by atoms with Crippen molar-refractivity contribution in [3.05, 3.63) is 35.9 Å². The fourth-order valence-corrected chi connectivity index (χ4v) is 2.85. The molecule has 21 heavy (non-hydrogen) atoms. The predicted octanol–water partition coefficient (Wildman–Crippen LogP) is 1.64. The van der Waals surface area contributed by atoms with Crippen LogP contribution in [0.1, 0.15) is 25.3 Å². The predicted molar refractivity (Wildman–Crippen MR) is 85.2 cm³/mol. The SMILES string of the molecule is CCNC1CCN(CC(O)COCc2ccccc2)CC1. The Balaban J connectivity index is 1.58. The molecule has 1 aliphatic rings. The molecular weight excluding hydrogens is 264 g/mol. The normalized spacial score (nSPS) is 18.8. The Bertz CT molecular complexity index is 378. The molecule has 0 saturated carbocycles. The van der Waals surface area contributed by atoms with Gasteiger partial charge in [0.15, 0.2) is 0 Å². The van der Waals surface area contributed by atoms with Gasteiger partial charge in [0, 0.05) is 12.6 Å². The van der Waals surface area contributed by atoms with Crippen LogP contribution in [0.25, 0.3) is 0 Å². The fourth-order valence-electron chi connectivity index (χ4n) is 2.85. The zero-order valence-corrected chi connectivity index (χ0v) is 13.0. The van der Waals surface area contributed by atoms with Gasteiger partial charge in [0.05, 0.1) is 19.3 Å². The van der Waals surface area contributed by atoms with E-state index in [-0.39, 0.29) is 0 Å². The first kappa shape index (κ1) is 16.4. The molecule has 4 heteroatoms. The number of nitrogens with one attached hydrogen (secondary N) is 1. The molecule has 0 aromatic heterocycles. The number of aliphatic hydroxyl groups excluding tert-OH is 1. The standard InChI is InChI=1S/C17H28N2O2/c1-2-18-16-8-10-19(11-9-16)12-17(20)14-21-13-15-6-4-3-5-7-15/h3-7,16-18,20H,2,8-14H2,1H3. The molecule has 2 N–H and O–H groups in total. The van der Waals surface area contributed by atoms with E-state index in [0.29, 0.717) is 25.8 Å². The van der Waals surface area contributed by atoms with Gasteiger partial charge in [-0.1, -0.05) is 37.3 Å². The molecule has 1 aliphatic heterocycles. The van der Waals surface area contributed by atoms with Crippen LogP contribution in [0, 0.1) is 0 Å². The van der Waals surface area contributed by atoms with Gasteiger partial charge in [-0.15, -0.1) is 0 Å². The Kier molecular flexibility index (Phi) is 7.16. The third-order valence-corrected chi connectivity index (χ3v) is 3.97. The summed E-state index contributed by atoms with van der Waals surface area (Å²) in [5, 5.41) is 13.6. The van der Waals surface area contributed by atoms with Crippen molar-refractivity contribution in [1.29, 1.82) is 0 Å². The van der Waals surface area contributed by atoms with Gasteiger partial charge in [-0.2, -0.15) is 0 Å². The molecule has 0 amide bonds. The summed E-state index contributed by atoms with van der Waals surface area (Å²) in [5.74, 6) is 0. The summed E-state index contributed by atoms with van der Waals surface area (Å²) in [7, 11) is 0. The molecule has 1 aromatic carbocycles. The quantitative estimate of drug-likeness (QED) is 0.764. The molecule has 0 spiro atoms. The molecule has 1 fully saturated rings. The van der Waals surface area contributed by atoms with Crippen LogP contribution < -0.4 is 5.32 Å². The molecule has 1 saturated heterocycles. The molecule has 1 unspecified atom stereocenters. The number of ether oxygens (including phenoxy) is 1.